The SMILES string of the molecule is CN=C(NCCCCC(C)C)NCc1cccc(NC(=O)C2CCC2)c1. The second kappa shape index (κ2) is 10.8. The number of anilines is 1. The van der Waals surface area contributed by atoms with E-state index in [0.717, 1.165) is 48.9 Å². The summed E-state index contributed by atoms with van der Waals surface area (Å²) in [7, 11) is 1.79. The van der Waals surface area contributed by atoms with Gasteiger partial charge in [0.2, 0.25) is 5.91 Å². The molecule has 0 bridgehead atoms. The van der Waals surface area contributed by atoms with Crippen LogP contribution in [-0.2, 0) is 11.3 Å². The monoisotopic (exact) mass is 358 g/mol. The summed E-state index contributed by atoms with van der Waals surface area (Å²) in [5, 5.41) is 9.73. The van der Waals surface area contributed by atoms with Gasteiger partial charge in [0.15, 0.2) is 5.96 Å². The lowest BCUT2D eigenvalue weighted by Crippen LogP contribution is -2.37. The standard InChI is InChI=1S/C21H34N4O/c1-16(2)8-4-5-13-23-21(22-3)24-15-17-9-6-12-19(14-17)25-20(26)18-10-7-11-18/h6,9,12,14,16,18H,4-5,7-8,10-11,13,15H2,1-3H3,(H,25,26)(H2,22,23,24). The molecule has 0 heterocycles. The van der Waals surface area contributed by atoms with Crippen molar-refractivity contribution in [1.29, 1.82) is 0 Å². The Bertz CT molecular complexity index is 593. The lowest BCUT2D eigenvalue weighted by molar-refractivity contribution is -0.122. The zero-order valence-electron chi connectivity index (χ0n) is 16.5. The van der Waals surface area contributed by atoms with Crippen molar-refractivity contribution in [2.45, 2.75) is 58.9 Å². The highest BCUT2D eigenvalue weighted by molar-refractivity contribution is 5.93. The molecular weight excluding hydrogens is 324 g/mol. The first-order valence-corrected chi connectivity index (χ1v) is 9.93. The van der Waals surface area contributed by atoms with Gasteiger partial charge in [-0.25, -0.2) is 0 Å². The van der Waals surface area contributed by atoms with Crippen LogP contribution >= 0.6 is 0 Å². The molecule has 144 valence electrons. The molecule has 2 rings (SSSR count). The minimum Gasteiger partial charge on any atom is -0.356 e. The van der Waals surface area contributed by atoms with Crippen LogP contribution in [0.2, 0.25) is 0 Å². The number of carbonyl (C=O) groups excluding carboxylic acids is 1. The number of nitrogens with one attached hydrogen (secondary N) is 3. The van der Waals surface area contributed by atoms with Crippen molar-refractivity contribution in [3.63, 3.8) is 0 Å². The van der Waals surface area contributed by atoms with E-state index in [0.29, 0.717) is 6.54 Å². The summed E-state index contributed by atoms with van der Waals surface area (Å²) in [6.45, 7) is 6.13. The van der Waals surface area contributed by atoms with Crippen molar-refractivity contribution in [2.24, 2.45) is 16.8 Å². The normalized spacial score (nSPS) is 14.8. The molecule has 1 fully saturated rings. The molecule has 0 atom stereocenters. The quantitative estimate of drug-likeness (QED) is 0.356. The van der Waals surface area contributed by atoms with Crippen molar-refractivity contribution in [2.75, 3.05) is 18.9 Å². The van der Waals surface area contributed by atoms with Gasteiger partial charge in [0.05, 0.1) is 0 Å². The average Bonchev–Trinajstić information content (AvgIpc) is 2.55. The summed E-state index contributed by atoms with van der Waals surface area (Å²) in [6, 6.07) is 8.01. The molecule has 1 aromatic carbocycles. The molecule has 0 aliphatic heterocycles. The largest absolute Gasteiger partial charge is 0.356 e. The zero-order chi connectivity index (χ0) is 18.8. The Morgan fingerprint density at radius 3 is 2.69 bits per heavy atom. The van der Waals surface area contributed by atoms with E-state index in [2.05, 4.69) is 40.9 Å². The fourth-order valence-electron chi connectivity index (χ4n) is 2.96. The van der Waals surface area contributed by atoms with Gasteiger partial charge >= 0.3 is 0 Å². The molecular formula is C21H34N4O. The minimum atomic E-state index is 0.153. The van der Waals surface area contributed by atoms with Crippen LogP contribution in [0.1, 0.15) is 57.9 Å². The van der Waals surface area contributed by atoms with Gasteiger partial charge in [-0.2, -0.15) is 0 Å². The summed E-state index contributed by atoms with van der Waals surface area (Å²) in [4.78, 5) is 16.3. The Morgan fingerprint density at radius 2 is 2.04 bits per heavy atom. The van der Waals surface area contributed by atoms with E-state index in [4.69, 9.17) is 0 Å². The van der Waals surface area contributed by atoms with E-state index in [1.165, 1.54) is 19.3 Å². The number of nitrogens with zero attached hydrogens (tertiary/aromatic N) is 1. The van der Waals surface area contributed by atoms with E-state index in [1.807, 2.05) is 18.2 Å². The molecule has 0 unspecified atom stereocenters. The number of hydrogen-bond acceptors (Lipinski definition) is 2. The summed E-state index contributed by atoms with van der Waals surface area (Å²) in [5.41, 5.74) is 2.00. The first-order chi connectivity index (χ1) is 12.6. The maximum atomic E-state index is 12.1. The van der Waals surface area contributed by atoms with E-state index < -0.39 is 0 Å². The zero-order valence-corrected chi connectivity index (χ0v) is 16.5. The van der Waals surface area contributed by atoms with Gasteiger partial charge in [-0.05, 0) is 42.9 Å². The predicted molar refractivity (Wildman–Crippen MR) is 109 cm³/mol. The van der Waals surface area contributed by atoms with Crippen LogP contribution in [0, 0.1) is 11.8 Å². The van der Waals surface area contributed by atoms with Gasteiger partial charge in [0.25, 0.3) is 0 Å². The molecule has 0 spiro atoms. The first kappa shape index (κ1) is 20.3. The molecule has 1 aliphatic rings. The molecule has 1 saturated carbocycles. The highest BCUT2D eigenvalue weighted by Gasteiger charge is 2.25. The fourth-order valence-corrected chi connectivity index (χ4v) is 2.96. The number of guanidine groups is 1. The molecule has 1 aliphatic carbocycles. The molecule has 5 heteroatoms. The Balaban J connectivity index is 1.73. The molecule has 0 saturated heterocycles. The second-order valence-corrected chi connectivity index (χ2v) is 7.56. The van der Waals surface area contributed by atoms with Crippen LogP contribution < -0.4 is 16.0 Å². The molecule has 5 nitrogen and oxygen atoms in total. The van der Waals surface area contributed by atoms with Gasteiger partial charge in [0.1, 0.15) is 0 Å². The Hall–Kier alpha value is -2.04. The molecule has 26 heavy (non-hydrogen) atoms. The van der Waals surface area contributed by atoms with Gasteiger partial charge in [-0.1, -0.05) is 45.2 Å². The smallest absolute Gasteiger partial charge is 0.227 e. The molecule has 1 amide bonds. The van der Waals surface area contributed by atoms with Crippen molar-refractivity contribution in [1.82, 2.24) is 10.6 Å². The summed E-state index contributed by atoms with van der Waals surface area (Å²) >= 11 is 0. The van der Waals surface area contributed by atoms with Crippen LogP contribution in [0.5, 0.6) is 0 Å². The van der Waals surface area contributed by atoms with Gasteiger partial charge in [-0.15, -0.1) is 0 Å². The number of amides is 1. The number of carbonyl (C=O) groups is 1. The fraction of sp³-hybridized carbons (Fsp3) is 0.619. The van der Waals surface area contributed by atoms with E-state index in [1.54, 1.807) is 7.05 Å². The number of hydrogen-bond donors (Lipinski definition) is 3. The highest BCUT2D eigenvalue weighted by Crippen LogP contribution is 2.27. The van der Waals surface area contributed by atoms with Crippen molar-refractivity contribution in [3.05, 3.63) is 29.8 Å². The lowest BCUT2D eigenvalue weighted by Gasteiger charge is -2.24. The number of aliphatic imine (C=N–C) groups is 1. The van der Waals surface area contributed by atoms with Crippen LogP contribution in [0.3, 0.4) is 0 Å². The third kappa shape index (κ3) is 7.06. The summed E-state index contributed by atoms with van der Waals surface area (Å²) < 4.78 is 0. The summed E-state index contributed by atoms with van der Waals surface area (Å²) in [6.07, 6.45) is 6.88. The Morgan fingerprint density at radius 1 is 1.23 bits per heavy atom. The van der Waals surface area contributed by atoms with Gasteiger partial charge < -0.3 is 16.0 Å². The van der Waals surface area contributed by atoms with E-state index >= 15 is 0 Å². The topological polar surface area (TPSA) is 65.5 Å². The molecule has 0 aromatic heterocycles. The molecule has 1 aromatic rings. The van der Waals surface area contributed by atoms with Crippen LogP contribution in [0.25, 0.3) is 0 Å². The van der Waals surface area contributed by atoms with Gasteiger partial charge in [0, 0.05) is 31.7 Å². The Kier molecular flexibility index (Phi) is 8.45. The van der Waals surface area contributed by atoms with Crippen LogP contribution in [0.15, 0.2) is 29.3 Å². The maximum Gasteiger partial charge on any atom is 0.227 e. The Labute approximate surface area is 158 Å². The van der Waals surface area contributed by atoms with Crippen LogP contribution in [-0.4, -0.2) is 25.5 Å². The average molecular weight is 359 g/mol. The maximum absolute atomic E-state index is 12.1. The van der Waals surface area contributed by atoms with Crippen LogP contribution in [0.4, 0.5) is 5.69 Å². The molecule has 0 radical (unpaired) electrons. The summed E-state index contributed by atoms with van der Waals surface area (Å²) in [5.74, 6) is 1.94. The number of rotatable bonds is 9. The number of benzene rings is 1. The van der Waals surface area contributed by atoms with E-state index in [-0.39, 0.29) is 11.8 Å². The van der Waals surface area contributed by atoms with Gasteiger partial charge in [-0.3, -0.25) is 9.79 Å². The predicted octanol–water partition coefficient (Wildman–Crippen LogP) is 3.92. The first-order valence-electron chi connectivity index (χ1n) is 9.93. The van der Waals surface area contributed by atoms with Crippen molar-refractivity contribution in [3.8, 4) is 0 Å². The highest BCUT2D eigenvalue weighted by atomic mass is 16.1. The van der Waals surface area contributed by atoms with Crippen molar-refractivity contribution < 1.29 is 4.79 Å². The molecule has 3 N–H and O–H groups in total. The number of unbranched alkanes of at least 4 members (excludes halogenated alkanes) is 1. The lowest BCUT2D eigenvalue weighted by atomic mass is 9.85. The third-order valence-corrected chi connectivity index (χ3v) is 4.85. The third-order valence-electron chi connectivity index (χ3n) is 4.85. The van der Waals surface area contributed by atoms with E-state index in [9.17, 15) is 4.79 Å². The minimum absolute atomic E-state index is 0.153. The second-order valence-electron chi connectivity index (χ2n) is 7.56. The van der Waals surface area contributed by atoms with Crippen molar-refractivity contribution >= 4 is 17.6 Å².